The van der Waals surface area contributed by atoms with E-state index in [1.807, 2.05) is 13.8 Å². The van der Waals surface area contributed by atoms with E-state index in [-0.39, 0.29) is 11.6 Å². The molecule has 0 radical (unpaired) electrons. The summed E-state index contributed by atoms with van der Waals surface area (Å²) in [6, 6.07) is 0.521. The average molecular weight is 285 g/mol. The Labute approximate surface area is 115 Å². The van der Waals surface area contributed by atoms with E-state index in [0.29, 0.717) is 12.5 Å². The highest BCUT2D eigenvalue weighted by Gasteiger charge is 2.19. The van der Waals surface area contributed by atoms with E-state index in [0.717, 1.165) is 6.07 Å². The highest BCUT2D eigenvalue weighted by atomic mass is 19.1. The summed E-state index contributed by atoms with van der Waals surface area (Å²) in [4.78, 5) is 22.7. The van der Waals surface area contributed by atoms with Gasteiger partial charge in [0.1, 0.15) is 11.6 Å². The molecule has 1 atom stereocenters. The van der Waals surface area contributed by atoms with Gasteiger partial charge >= 0.3 is 0 Å². The highest BCUT2D eigenvalue weighted by molar-refractivity contribution is 5.98. The second-order valence-electron chi connectivity index (χ2n) is 4.90. The van der Waals surface area contributed by atoms with Gasteiger partial charge in [0, 0.05) is 6.07 Å². The molecule has 0 unspecified atom stereocenters. The molecule has 0 saturated heterocycles. The van der Waals surface area contributed by atoms with Crippen LogP contribution in [0.3, 0.4) is 0 Å². The Balaban J connectivity index is 2.95. The van der Waals surface area contributed by atoms with Gasteiger partial charge in [-0.2, -0.15) is 0 Å². The number of primary amides is 1. The Bertz CT molecular complexity index is 533. The zero-order chi connectivity index (χ0) is 15.4. The smallest absolute Gasteiger partial charge is 0.251 e. The summed E-state index contributed by atoms with van der Waals surface area (Å²) < 4.78 is 26.8. The van der Waals surface area contributed by atoms with E-state index in [1.165, 1.54) is 0 Å². The third-order valence-corrected chi connectivity index (χ3v) is 2.64. The molecule has 0 spiro atoms. The maximum atomic E-state index is 13.5. The Kier molecular flexibility index (Phi) is 5.15. The number of nitrogens with two attached hydrogens (primary N) is 2. The third-order valence-electron chi connectivity index (χ3n) is 2.64. The maximum absolute atomic E-state index is 13.5. The van der Waals surface area contributed by atoms with Crippen molar-refractivity contribution in [1.82, 2.24) is 0 Å². The Morgan fingerprint density at radius 3 is 2.35 bits per heavy atom. The summed E-state index contributed by atoms with van der Waals surface area (Å²) in [7, 11) is 0. The van der Waals surface area contributed by atoms with E-state index in [1.54, 1.807) is 0 Å². The lowest BCUT2D eigenvalue weighted by Gasteiger charge is -2.15. The number of amides is 2. The highest BCUT2D eigenvalue weighted by Crippen LogP contribution is 2.20. The van der Waals surface area contributed by atoms with Crippen LogP contribution in [-0.4, -0.2) is 17.9 Å². The molecule has 5 N–H and O–H groups in total. The fraction of sp³-hybridized carbons (Fsp3) is 0.385. The molecule has 7 heteroatoms. The summed E-state index contributed by atoms with van der Waals surface area (Å²) in [5.74, 6) is -3.56. The maximum Gasteiger partial charge on any atom is 0.251 e. The zero-order valence-corrected chi connectivity index (χ0v) is 11.2. The van der Waals surface area contributed by atoms with Crippen molar-refractivity contribution in [3.05, 3.63) is 29.3 Å². The molecule has 1 aromatic carbocycles. The minimum atomic E-state index is -1.08. The summed E-state index contributed by atoms with van der Waals surface area (Å²) in [6.45, 7) is 3.77. The van der Waals surface area contributed by atoms with Crippen LogP contribution in [0.2, 0.25) is 0 Å². The van der Waals surface area contributed by atoms with Gasteiger partial charge < -0.3 is 16.8 Å². The summed E-state index contributed by atoms with van der Waals surface area (Å²) in [5.41, 5.74) is 9.76. The van der Waals surface area contributed by atoms with Crippen molar-refractivity contribution >= 4 is 17.5 Å². The second-order valence-corrected chi connectivity index (χ2v) is 4.90. The Hall–Kier alpha value is -2.02. The number of carbonyl (C=O) groups is 2. The van der Waals surface area contributed by atoms with E-state index >= 15 is 0 Å². The molecule has 0 bridgehead atoms. The number of rotatable bonds is 5. The number of benzene rings is 1. The predicted molar refractivity (Wildman–Crippen MR) is 70.9 cm³/mol. The van der Waals surface area contributed by atoms with Crippen LogP contribution in [0.15, 0.2) is 12.1 Å². The first-order valence-corrected chi connectivity index (χ1v) is 6.07. The lowest BCUT2D eigenvalue weighted by atomic mass is 10.0. The molecule has 1 rings (SSSR count). The monoisotopic (exact) mass is 285 g/mol. The molecule has 1 aromatic rings. The van der Waals surface area contributed by atoms with Crippen LogP contribution in [0.4, 0.5) is 14.5 Å². The summed E-state index contributed by atoms with van der Waals surface area (Å²) in [6.07, 6.45) is 0.414. The average Bonchev–Trinajstić information content (AvgIpc) is 2.30. The number of anilines is 1. The van der Waals surface area contributed by atoms with Gasteiger partial charge in [0.05, 0.1) is 17.3 Å². The molecule has 2 amide bonds. The first kappa shape index (κ1) is 16.0. The van der Waals surface area contributed by atoms with E-state index < -0.39 is 35.1 Å². The molecule has 0 aliphatic rings. The fourth-order valence-electron chi connectivity index (χ4n) is 1.67. The molecule has 0 fully saturated rings. The van der Waals surface area contributed by atoms with Gasteiger partial charge in [-0.3, -0.25) is 9.59 Å². The molecule has 0 aromatic heterocycles. The van der Waals surface area contributed by atoms with Crippen LogP contribution in [0.5, 0.6) is 0 Å². The second kappa shape index (κ2) is 6.42. The van der Waals surface area contributed by atoms with Crippen LogP contribution in [0.1, 0.15) is 30.6 Å². The zero-order valence-electron chi connectivity index (χ0n) is 11.2. The summed E-state index contributed by atoms with van der Waals surface area (Å²) in [5, 5.41) is 2.22. The quantitative estimate of drug-likeness (QED) is 0.762. The normalized spacial score (nSPS) is 12.3. The van der Waals surface area contributed by atoms with Crippen molar-refractivity contribution in [2.24, 2.45) is 17.4 Å². The van der Waals surface area contributed by atoms with Crippen molar-refractivity contribution in [3.63, 3.8) is 0 Å². The molecule has 0 aliphatic carbocycles. The first-order valence-electron chi connectivity index (χ1n) is 6.07. The molecule has 20 heavy (non-hydrogen) atoms. The van der Waals surface area contributed by atoms with Crippen LogP contribution in [0.25, 0.3) is 0 Å². The lowest BCUT2D eigenvalue weighted by molar-refractivity contribution is -0.117. The van der Waals surface area contributed by atoms with Gasteiger partial charge in [0.15, 0.2) is 0 Å². The van der Waals surface area contributed by atoms with E-state index in [4.69, 9.17) is 11.5 Å². The number of hydrogen-bond acceptors (Lipinski definition) is 3. The number of nitrogens with one attached hydrogen (secondary N) is 1. The van der Waals surface area contributed by atoms with E-state index in [2.05, 4.69) is 5.32 Å². The molecule has 0 aliphatic heterocycles. The molecule has 0 saturated carbocycles. The molecular formula is C13H17F2N3O2. The van der Waals surface area contributed by atoms with Gasteiger partial charge in [-0.15, -0.1) is 0 Å². The van der Waals surface area contributed by atoms with Gasteiger partial charge in [-0.1, -0.05) is 13.8 Å². The van der Waals surface area contributed by atoms with Crippen LogP contribution in [0, 0.1) is 17.6 Å². The number of hydrogen-bond donors (Lipinski definition) is 3. The molecular weight excluding hydrogens is 268 g/mol. The minimum Gasteiger partial charge on any atom is -0.366 e. The fourth-order valence-corrected chi connectivity index (χ4v) is 1.67. The standard InChI is InChI=1S/C13H17F2N3O2/c1-6(2)3-10(16)13(20)18-11-4-7(12(17)19)8(14)5-9(11)15/h4-6,10H,3,16H2,1-2H3,(H2,17,19)(H,18,20)/t10-/m0/s1. The third kappa shape index (κ3) is 3.99. The number of halogens is 2. The Morgan fingerprint density at radius 2 is 1.85 bits per heavy atom. The van der Waals surface area contributed by atoms with E-state index in [9.17, 15) is 18.4 Å². The first-order chi connectivity index (χ1) is 9.22. The van der Waals surface area contributed by atoms with Crippen molar-refractivity contribution in [2.45, 2.75) is 26.3 Å². The number of carbonyl (C=O) groups excluding carboxylic acids is 2. The molecule has 5 nitrogen and oxygen atoms in total. The Morgan fingerprint density at radius 1 is 1.25 bits per heavy atom. The predicted octanol–water partition coefficient (Wildman–Crippen LogP) is 1.38. The minimum absolute atomic E-state index is 0.190. The van der Waals surface area contributed by atoms with Crippen molar-refractivity contribution in [3.8, 4) is 0 Å². The van der Waals surface area contributed by atoms with Crippen LogP contribution in [-0.2, 0) is 4.79 Å². The van der Waals surface area contributed by atoms with Crippen molar-refractivity contribution in [1.29, 1.82) is 0 Å². The van der Waals surface area contributed by atoms with Gasteiger partial charge in [-0.05, 0) is 18.4 Å². The summed E-state index contributed by atoms with van der Waals surface area (Å²) >= 11 is 0. The molecule has 0 heterocycles. The largest absolute Gasteiger partial charge is 0.366 e. The molecule has 110 valence electrons. The van der Waals surface area contributed by atoms with Crippen molar-refractivity contribution < 1.29 is 18.4 Å². The lowest BCUT2D eigenvalue weighted by Crippen LogP contribution is -2.37. The van der Waals surface area contributed by atoms with Gasteiger partial charge in [0.25, 0.3) is 5.91 Å². The van der Waals surface area contributed by atoms with Gasteiger partial charge in [0.2, 0.25) is 5.91 Å². The van der Waals surface area contributed by atoms with Crippen LogP contribution < -0.4 is 16.8 Å². The SMILES string of the molecule is CC(C)C[C@H](N)C(=O)Nc1cc(C(N)=O)c(F)cc1F. The van der Waals surface area contributed by atoms with Crippen molar-refractivity contribution in [2.75, 3.05) is 5.32 Å². The topological polar surface area (TPSA) is 98.2 Å². The van der Waals surface area contributed by atoms with Gasteiger partial charge in [-0.25, -0.2) is 8.78 Å². The van der Waals surface area contributed by atoms with Crippen LogP contribution >= 0.6 is 0 Å².